The number of rotatable bonds is 4. The first-order chi connectivity index (χ1) is 13.4. The van der Waals surface area contributed by atoms with Crippen molar-refractivity contribution in [2.24, 2.45) is 11.8 Å². The van der Waals surface area contributed by atoms with E-state index in [1.807, 2.05) is 25.7 Å². The fraction of sp³-hybridized carbons (Fsp3) is 0.708. The van der Waals surface area contributed by atoms with E-state index in [0.29, 0.717) is 24.5 Å². The standard InChI is InChI=1S/C24H35NO3/c1-24(2,3)28-23(26)25-14-20-12-22(13-21(20)15-25)27-16-17-7-6-10-19(11-17)18-8-4-5-9-18/h6-7,10-11,18,20-22H,4-5,8-9,12-16H2,1-3H3/t20-,21+,22?. The Balaban J connectivity index is 1.25. The summed E-state index contributed by atoms with van der Waals surface area (Å²) in [5, 5.41) is 0. The predicted molar refractivity (Wildman–Crippen MR) is 110 cm³/mol. The van der Waals surface area contributed by atoms with Gasteiger partial charge in [0.2, 0.25) is 0 Å². The lowest BCUT2D eigenvalue weighted by atomic mass is 9.96. The molecule has 2 aliphatic carbocycles. The van der Waals surface area contributed by atoms with Crippen LogP contribution in [0.1, 0.15) is 76.3 Å². The van der Waals surface area contributed by atoms with Gasteiger partial charge in [0, 0.05) is 13.1 Å². The first-order valence-electron chi connectivity index (χ1n) is 11.1. The van der Waals surface area contributed by atoms with Gasteiger partial charge in [-0.1, -0.05) is 37.1 Å². The Morgan fingerprint density at radius 3 is 2.43 bits per heavy atom. The van der Waals surface area contributed by atoms with Crippen molar-refractivity contribution in [1.29, 1.82) is 0 Å². The highest BCUT2D eigenvalue weighted by atomic mass is 16.6. The highest BCUT2D eigenvalue weighted by molar-refractivity contribution is 5.68. The number of hydrogen-bond acceptors (Lipinski definition) is 3. The minimum Gasteiger partial charge on any atom is -0.444 e. The van der Waals surface area contributed by atoms with Crippen LogP contribution >= 0.6 is 0 Å². The summed E-state index contributed by atoms with van der Waals surface area (Å²) in [6, 6.07) is 9.02. The molecule has 4 rings (SSSR count). The molecule has 3 aliphatic rings. The summed E-state index contributed by atoms with van der Waals surface area (Å²) < 4.78 is 11.8. The Morgan fingerprint density at radius 1 is 1.11 bits per heavy atom. The molecule has 0 aromatic heterocycles. The zero-order valence-electron chi connectivity index (χ0n) is 17.7. The molecule has 1 heterocycles. The van der Waals surface area contributed by atoms with Crippen LogP contribution in [0, 0.1) is 11.8 Å². The minimum atomic E-state index is -0.423. The fourth-order valence-corrected chi connectivity index (χ4v) is 5.27. The van der Waals surface area contributed by atoms with E-state index < -0.39 is 5.60 Å². The summed E-state index contributed by atoms with van der Waals surface area (Å²) in [4.78, 5) is 14.2. The van der Waals surface area contributed by atoms with Gasteiger partial charge in [-0.3, -0.25) is 0 Å². The molecular formula is C24H35NO3. The average molecular weight is 386 g/mol. The Bertz CT molecular complexity index is 675. The summed E-state index contributed by atoms with van der Waals surface area (Å²) >= 11 is 0. The summed E-state index contributed by atoms with van der Waals surface area (Å²) in [6.45, 7) is 8.11. The largest absolute Gasteiger partial charge is 0.444 e. The molecule has 2 saturated carbocycles. The second-order valence-corrected chi connectivity index (χ2v) is 10.0. The third kappa shape index (κ3) is 4.71. The molecule has 1 aromatic rings. The molecule has 0 spiro atoms. The molecule has 4 heteroatoms. The van der Waals surface area contributed by atoms with Crippen molar-refractivity contribution < 1.29 is 14.3 Å². The van der Waals surface area contributed by atoms with E-state index >= 15 is 0 Å². The lowest BCUT2D eigenvalue weighted by Crippen LogP contribution is -2.36. The van der Waals surface area contributed by atoms with Gasteiger partial charge in [0.05, 0.1) is 12.7 Å². The lowest BCUT2D eigenvalue weighted by Gasteiger charge is -2.25. The number of fused-ring (bicyclic) bond motifs is 1. The molecule has 154 valence electrons. The molecule has 0 N–H and O–H groups in total. The van der Waals surface area contributed by atoms with E-state index in [1.54, 1.807) is 0 Å². The second-order valence-electron chi connectivity index (χ2n) is 10.0. The molecule has 1 amide bonds. The van der Waals surface area contributed by atoms with Gasteiger partial charge in [-0.25, -0.2) is 4.79 Å². The van der Waals surface area contributed by atoms with Gasteiger partial charge in [0.15, 0.2) is 0 Å². The molecule has 1 unspecified atom stereocenters. The molecular weight excluding hydrogens is 350 g/mol. The summed E-state index contributed by atoms with van der Waals surface area (Å²) in [5.41, 5.74) is 2.37. The van der Waals surface area contributed by atoms with Crippen LogP contribution in [0.25, 0.3) is 0 Å². The topological polar surface area (TPSA) is 38.8 Å². The molecule has 4 nitrogen and oxygen atoms in total. The summed E-state index contributed by atoms with van der Waals surface area (Å²) in [5.74, 6) is 1.87. The van der Waals surface area contributed by atoms with E-state index in [4.69, 9.17) is 9.47 Å². The van der Waals surface area contributed by atoms with E-state index in [0.717, 1.165) is 31.8 Å². The van der Waals surface area contributed by atoms with E-state index in [-0.39, 0.29) is 6.09 Å². The third-order valence-corrected chi connectivity index (χ3v) is 6.62. The number of amides is 1. The molecule has 0 radical (unpaired) electrons. The molecule has 1 aliphatic heterocycles. The molecule has 3 atom stereocenters. The molecule has 1 aromatic carbocycles. The first kappa shape index (κ1) is 19.8. The van der Waals surface area contributed by atoms with Gasteiger partial charge in [-0.15, -0.1) is 0 Å². The Hall–Kier alpha value is -1.55. The molecule has 28 heavy (non-hydrogen) atoms. The van der Waals surface area contributed by atoms with Crippen molar-refractivity contribution in [2.45, 2.75) is 83.5 Å². The maximum Gasteiger partial charge on any atom is 0.410 e. The average Bonchev–Trinajstić information content (AvgIpc) is 3.34. The third-order valence-electron chi connectivity index (χ3n) is 6.62. The molecule has 0 bridgehead atoms. The van der Waals surface area contributed by atoms with Crippen LogP contribution in [0.2, 0.25) is 0 Å². The van der Waals surface area contributed by atoms with Crippen molar-refractivity contribution >= 4 is 6.09 Å². The number of hydrogen-bond donors (Lipinski definition) is 0. The normalized spacial score (nSPS) is 28.0. The predicted octanol–water partition coefficient (Wildman–Crippen LogP) is 5.51. The van der Waals surface area contributed by atoms with Crippen molar-refractivity contribution in [3.8, 4) is 0 Å². The van der Waals surface area contributed by atoms with E-state index in [2.05, 4.69) is 24.3 Å². The molecule has 3 fully saturated rings. The fourth-order valence-electron chi connectivity index (χ4n) is 5.27. The van der Waals surface area contributed by atoms with Crippen LogP contribution in [0.15, 0.2) is 24.3 Å². The zero-order chi connectivity index (χ0) is 19.7. The van der Waals surface area contributed by atoms with Gasteiger partial charge < -0.3 is 14.4 Å². The number of ether oxygens (including phenoxy) is 2. The van der Waals surface area contributed by atoms with Crippen molar-refractivity contribution in [2.75, 3.05) is 13.1 Å². The number of likely N-dealkylation sites (tertiary alicyclic amines) is 1. The monoisotopic (exact) mass is 385 g/mol. The van der Waals surface area contributed by atoms with Crippen LogP contribution < -0.4 is 0 Å². The minimum absolute atomic E-state index is 0.164. The highest BCUT2D eigenvalue weighted by Crippen LogP contribution is 2.40. The SMILES string of the molecule is CC(C)(C)OC(=O)N1C[C@H]2CC(OCc3cccc(C4CCCC4)c3)C[C@H]2C1. The van der Waals surface area contributed by atoms with E-state index in [1.165, 1.54) is 36.8 Å². The Morgan fingerprint density at radius 2 is 1.79 bits per heavy atom. The van der Waals surface area contributed by atoms with Gasteiger partial charge in [-0.05, 0) is 75.3 Å². The number of carbonyl (C=O) groups is 1. The van der Waals surface area contributed by atoms with Gasteiger partial charge >= 0.3 is 6.09 Å². The second kappa shape index (κ2) is 8.06. The van der Waals surface area contributed by atoms with Crippen molar-refractivity contribution in [3.63, 3.8) is 0 Å². The van der Waals surface area contributed by atoms with Crippen molar-refractivity contribution in [1.82, 2.24) is 4.90 Å². The van der Waals surface area contributed by atoms with Crippen LogP contribution in [0.5, 0.6) is 0 Å². The maximum atomic E-state index is 12.3. The van der Waals surface area contributed by atoms with Crippen molar-refractivity contribution in [3.05, 3.63) is 35.4 Å². The lowest BCUT2D eigenvalue weighted by molar-refractivity contribution is 0.0205. The quantitative estimate of drug-likeness (QED) is 0.686. The zero-order valence-corrected chi connectivity index (χ0v) is 17.7. The highest BCUT2D eigenvalue weighted by Gasteiger charge is 2.43. The smallest absolute Gasteiger partial charge is 0.410 e. The Kier molecular flexibility index (Phi) is 5.69. The summed E-state index contributed by atoms with van der Waals surface area (Å²) in [7, 11) is 0. The van der Waals surface area contributed by atoms with Crippen LogP contribution in [0.3, 0.4) is 0 Å². The summed E-state index contributed by atoms with van der Waals surface area (Å²) in [6.07, 6.45) is 7.70. The van der Waals surface area contributed by atoms with Crippen LogP contribution in [-0.4, -0.2) is 35.8 Å². The number of carbonyl (C=O) groups excluding carboxylic acids is 1. The van der Waals surface area contributed by atoms with Gasteiger partial charge in [0.1, 0.15) is 5.60 Å². The van der Waals surface area contributed by atoms with Crippen LogP contribution in [-0.2, 0) is 16.1 Å². The Labute approximate surface area is 169 Å². The number of benzene rings is 1. The molecule has 1 saturated heterocycles. The van der Waals surface area contributed by atoms with E-state index in [9.17, 15) is 4.79 Å². The van der Waals surface area contributed by atoms with Gasteiger partial charge in [0.25, 0.3) is 0 Å². The first-order valence-corrected chi connectivity index (χ1v) is 11.1. The van der Waals surface area contributed by atoms with Crippen LogP contribution in [0.4, 0.5) is 4.79 Å². The van der Waals surface area contributed by atoms with Gasteiger partial charge in [-0.2, -0.15) is 0 Å². The maximum absolute atomic E-state index is 12.3. The number of nitrogens with zero attached hydrogens (tertiary/aromatic N) is 1.